The molecule has 0 bridgehead atoms. The van der Waals surface area contributed by atoms with Gasteiger partial charge in [0.1, 0.15) is 5.82 Å². The molecule has 0 saturated carbocycles. The second kappa shape index (κ2) is 6.37. The smallest absolute Gasteiger partial charge is 0.127 e. The van der Waals surface area contributed by atoms with Gasteiger partial charge in [0.15, 0.2) is 0 Å². The zero-order valence-electron chi connectivity index (χ0n) is 11.9. The van der Waals surface area contributed by atoms with Gasteiger partial charge in [-0.25, -0.2) is 9.37 Å². The molecule has 0 saturated heterocycles. The van der Waals surface area contributed by atoms with Crippen molar-refractivity contribution in [3.8, 4) is 0 Å². The quantitative estimate of drug-likeness (QED) is 0.864. The van der Waals surface area contributed by atoms with E-state index in [0.717, 1.165) is 16.3 Å². The molecule has 2 atom stereocenters. The lowest BCUT2D eigenvalue weighted by Crippen LogP contribution is -2.23. The van der Waals surface area contributed by atoms with E-state index < -0.39 is 0 Å². The number of pyridine rings is 1. The molecule has 0 aliphatic heterocycles. The predicted molar refractivity (Wildman–Crippen MR) is 82.4 cm³/mol. The fourth-order valence-electron chi connectivity index (χ4n) is 2.15. The Labute approximate surface area is 123 Å². The van der Waals surface area contributed by atoms with E-state index in [1.54, 1.807) is 12.1 Å². The van der Waals surface area contributed by atoms with Gasteiger partial charge in [0.2, 0.25) is 0 Å². The standard InChI is InChI=1S/C16H19FN2S/c1-10-8-11(2)19-15(9-10)20-16(12(3)18)13-6-4-5-7-14(13)17/h4-9,12,16H,18H2,1-3H3. The summed E-state index contributed by atoms with van der Waals surface area (Å²) in [6, 6.07) is 10.7. The van der Waals surface area contributed by atoms with Crippen molar-refractivity contribution in [3.63, 3.8) is 0 Å². The van der Waals surface area contributed by atoms with Gasteiger partial charge in [-0.1, -0.05) is 30.0 Å². The highest BCUT2D eigenvalue weighted by Gasteiger charge is 2.21. The number of hydrogen-bond donors (Lipinski definition) is 1. The van der Waals surface area contributed by atoms with Crippen LogP contribution in [0.15, 0.2) is 41.4 Å². The molecule has 106 valence electrons. The van der Waals surface area contributed by atoms with Gasteiger partial charge >= 0.3 is 0 Å². The maximum absolute atomic E-state index is 14.0. The Morgan fingerprint density at radius 2 is 1.90 bits per heavy atom. The maximum atomic E-state index is 14.0. The number of aromatic nitrogens is 1. The summed E-state index contributed by atoms with van der Waals surface area (Å²) in [6.45, 7) is 5.89. The van der Waals surface area contributed by atoms with Crippen molar-refractivity contribution in [1.82, 2.24) is 4.98 Å². The summed E-state index contributed by atoms with van der Waals surface area (Å²) in [5, 5.41) is 0.734. The van der Waals surface area contributed by atoms with E-state index in [-0.39, 0.29) is 17.1 Å². The summed E-state index contributed by atoms with van der Waals surface area (Å²) in [4.78, 5) is 4.50. The van der Waals surface area contributed by atoms with E-state index in [4.69, 9.17) is 5.73 Å². The fourth-order valence-corrected chi connectivity index (χ4v) is 3.40. The molecule has 1 aromatic carbocycles. The van der Waals surface area contributed by atoms with Crippen LogP contribution in [0.25, 0.3) is 0 Å². The molecule has 2 N–H and O–H groups in total. The van der Waals surface area contributed by atoms with E-state index in [0.29, 0.717) is 5.56 Å². The van der Waals surface area contributed by atoms with Crippen LogP contribution in [0.1, 0.15) is 29.0 Å². The Balaban J connectivity index is 2.33. The van der Waals surface area contributed by atoms with Crippen LogP contribution in [0.3, 0.4) is 0 Å². The second-order valence-electron chi connectivity index (χ2n) is 5.04. The molecule has 2 rings (SSSR count). The highest BCUT2D eigenvalue weighted by molar-refractivity contribution is 7.99. The predicted octanol–water partition coefficient (Wildman–Crippen LogP) is 4.02. The molecular formula is C16H19FN2S. The maximum Gasteiger partial charge on any atom is 0.127 e. The summed E-state index contributed by atoms with van der Waals surface area (Å²) < 4.78 is 14.0. The van der Waals surface area contributed by atoms with Gasteiger partial charge in [0.25, 0.3) is 0 Å². The monoisotopic (exact) mass is 290 g/mol. The van der Waals surface area contributed by atoms with Crippen molar-refractivity contribution in [2.24, 2.45) is 5.73 Å². The number of nitrogens with two attached hydrogens (primary N) is 1. The van der Waals surface area contributed by atoms with Gasteiger partial charge in [0.05, 0.1) is 10.3 Å². The first kappa shape index (κ1) is 15.0. The molecule has 0 amide bonds. The van der Waals surface area contributed by atoms with Gasteiger partial charge in [0, 0.05) is 17.3 Å². The largest absolute Gasteiger partial charge is 0.327 e. The van der Waals surface area contributed by atoms with Gasteiger partial charge in [-0.05, 0) is 44.5 Å². The molecule has 0 aliphatic rings. The van der Waals surface area contributed by atoms with Crippen LogP contribution < -0.4 is 5.73 Å². The number of nitrogens with zero attached hydrogens (tertiary/aromatic N) is 1. The molecule has 20 heavy (non-hydrogen) atoms. The highest BCUT2D eigenvalue weighted by Crippen LogP contribution is 2.37. The van der Waals surface area contributed by atoms with Crippen LogP contribution in [0.5, 0.6) is 0 Å². The molecule has 0 radical (unpaired) electrons. The third kappa shape index (κ3) is 3.58. The van der Waals surface area contributed by atoms with Crippen LogP contribution in [-0.2, 0) is 0 Å². The average molecular weight is 290 g/mol. The number of halogens is 1. The van der Waals surface area contributed by atoms with E-state index >= 15 is 0 Å². The van der Waals surface area contributed by atoms with Gasteiger partial charge in [-0.2, -0.15) is 0 Å². The number of aryl methyl sites for hydroxylation is 2. The van der Waals surface area contributed by atoms with Crippen molar-refractivity contribution in [3.05, 3.63) is 59.0 Å². The molecule has 0 fully saturated rings. The Bertz CT molecular complexity index is 579. The van der Waals surface area contributed by atoms with Crippen molar-refractivity contribution in [2.45, 2.75) is 37.1 Å². The molecular weight excluding hydrogens is 271 g/mol. The molecule has 0 spiro atoms. The van der Waals surface area contributed by atoms with E-state index in [2.05, 4.69) is 4.98 Å². The third-order valence-electron chi connectivity index (χ3n) is 3.01. The number of hydrogen-bond acceptors (Lipinski definition) is 3. The van der Waals surface area contributed by atoms with Gasteiger partial charge < -0.3 is 5.73 Å². The molecule has 1 aromatic heterocycles. The van der Waals surface area contributed by atoms with E-state index in [9.17, 15) is 4.39 Å². The van der Waals surface area contributed by atoms with Crippen LogP contribution in [-0.4, -0.2) is 11.0 Å². The lowest BCUT2D eigenvalue weighted by Gasteiger charge is -2.21. The first-order valence-corrected chi connectivity index (χ1v) is 7.47. The molecule has 0 aliphatic carbocycles. The topological polar surface area (TPSA) is 38.9 Å². The number of thioether (sulfide) groups is 1. The molecule has 2 nitrogen and oxygen atoms in total. The zero-order chi connectivity index (χ0) is 14.7. The van der Waals surface area contributed by atoms with Crippen molar-refractivity contribution < 1.29 is 4.39 Å². The first-order valence-electron chi connectivity index (χ1n) is 6.59. The van der Waals surface area contributed by atoms with E-state index in [1.165, 1.54) is 17.8 Å². The Hall–Kier alpha value is -1.39. The van der Waals surface area contributed by atoms with Crippen LogP contribution in [0.4, 0.5) is 4.39 Å². The Kier molecular flexibility index (Phi) is 4.78. The fraction of sp³-hybridized carbons (Fsp3) is 0.312. The molecule has 4 heteroatoms. The second-order valence-corrected chi connectivity index (χ2v) is 6.21. The average Bonchev–Trinajstić information content (AvgIpc) is 2.35. The Morgan fingerprint density at radius 3 is 2.50 bits per heavy atom. The molecule has 1 heterocycles. The first-order chi connectivity index (χ1) is 9.47. The number of benzene rings is 1. The lowest BCUT2D eigenvalue weighted by atomic mass is 10.1. The minimum absolute atomic E-state index is 0.148. The lowest BCUT2D eigenvalue weighted by molar-refractivity contribution is 0.592. The van der Waals surface area contributed by atoms with Crippen molar-refractivity contribution >= 4 is 11.8 Å². The normalized spacial score (nSPS) is 14.1. The molecule has 2 unspecified atom stereocenters. The number of rotatable bonds is 4. The van der Waals surface area contributed by atoms with Gasteiger partial charge in [-0.15, -0.1) is 0 Å². The van der Waals surface area contributed by atoms with Crippen LogP contribution in [0, 0.1) is 19.7 Å². The summed E-state index contributed by atoms with van der Waals surface area (Å²) in [6.07, 6.45) is 0. The van der Waals surface area contributed by atoms with E-state index in [1.807, 2.05) is 39.0 Å². The zero-order valence-corrected chi connectivity index (χ0v) is 12.7. The highest BCUT2D eigenvalue weighted by atomic mass is 32.2. The summed E-state index contributed by atoms with van der Waals surface area (Å²) in [5.74, 6) is -0.216. The summed E-state index contributed by atoms with van der Waals surface area (Å²) in [5.41, 5.74) is 8.79. The summed E-state index contributed by atoms with van der Waals surface area (Å²) in [7, 11) is 0. The van der Waals surface area contributed by atoms with Crippen molar-refractivity contribution in [1.29, 1.82) is 0 Å². The SMILES string of the molecule is Cc1cc(C)nc(SC(c2ccccc2F)C(C)N)c1. The van der Waals surface area contributed by atoms with Crippen LogP contribution >= 0.6 is 11.8 Å². The minimum Gasteiger partial charge on any atom is -0.327 e. The summed E-state index contributed by atoms with van der Waals surface area (Å²) >= 11 is 1.52. The van der Waals surface area contributed by atoms with Gasteiger partial charge in [-0.3, -0.25) is 0 Å². The molecule has 2 aromatic rings. The Morgan fingerprint density at radius 1 is 1.20 bits per heavy atom. The van der Waals surface area contributed by atoms with Crippen LogP contribution in [0.2, 0.25) is 0 Å². The van der Waals surface area contributed by atoms with Crippen molar-refractivity contribution in [2.75, 3.05) is 0 Å². The minimum atomic E-state index is -0.216. The third-order valence-corrected chi connectivity index (χ3v) is 4.40.